The van der Waals surface area contributed by atoms with Crippen molar-refractivity contribution in [3.8, 4) is 17.0 Å². The highest BCUT2D eigenvalue weighted by Crippen LogP contribution is 2.34. The number of benzene rings is 1. The van der Waals surface area contributed by atoms with Crippen LogP contribution in [0.2, 0.25) is 0 Å². The second kappa shape index (κ2) is 3.76. The van der Waals surface area contributed by atoms with Crippen LogP contribution in [-0.2, 0) is 0 Å². The highest BCUT2D eigenvalue weighted by molar-refractivity contribution is 5.69. The average Bonchev–Trinajstić information content (AvgIpc) is 3.01. The molecule has 1 aliphatic carbocycles. The number of nitrogens with one attached hydrogen (secondary N) is 1. The van der Waals surface area contributed by atoms with E-state index in [1.54, 1.807) is 12.1 Å². The van der Waals surface area contributed by atoms with Crippen molar-refractivity contribution in [3.05, 3.63) is 30.1 Å². The minimum absolute atomic E-state index is 0.263. The molecule has 5 heteroatoms. The molecule has 0 saturated heterocycles. The molecule has 1 fully saturated rings. The highest BCUT2D eigenvalue weighted by Gasteiger charge is 2.25. The van der Waals surface area contributed by atoms with E-state index in [1.807, 2.05) is 0 Å². The van der Waals surface area contributed by atoms with Gasteiger partial charge < -0.3 is 10.5 Å². The van der Waals surface area contributed by atoms with Gasteiger partial charge in [-0.25, -0.2) is 4.39 Å². The van der Waals surface area contributed by atoms with Crippen LogP contribution in [0.1, 0.15) is 12.8 Å². The van der Waals surface area contributed by atoms with E-state index in [9.17, 15) is 4.39 Å². The smallest absolute Gasteiger partial charge is 0.145 e. The summed E-state index contributed by atoms with van der Waals surface area (Å²) in [6.07, 6.45) is 2.38. The third-order valence-electron chi connectivity index (χ3n) is 2.65. The molecule has 88 valence electrons. The first-order valence-electron chi connectivity index (χ1n) is 5.50. The van der Waals surface area contributed by atoms with Crippen LogP contribution in [0, 0.1) is 5.82 Å². The molecule has 4 nitrogen and oxygen atoms in total. The summed E-state index contributed by atoms with van der Waals surface area (Å²) in [7, 11) is 0. The maximum atomic E-state index is 13.3. The summed E-state index contributed by atoms with van der Waals surface area (Å²) in [6.45, 7) is 0. The third kappa shape index (κ3) is 2.08. The van der Waals surface area contributed by atoms with Crippen LogP contribution in [0.5, 0.6) is 5.75 Å². The lowest BCUT2D eigenvalue weighted by atomic mass is 10.1. The Morgan fingerprint density at radius 2 is 2.18 bits per heavy atom. The molecule has 17 heavy (non-hydrogen) atoms. The van der Waals surface area contributed by atoms with E-state index in [0.717, 1.165) is 12.8 Å². The number of nitrogens with zero attached hydrogens (tertiary/aromatic N) is 1. The summed E-state index contributed by atoms with van der Waals surface area (Å²) in [4.78, 5) is 0. The van der Waals surface area contributed by atoms with E-state index in [1.165, 1.54) is 12.1 Å². The summed E-state index contributed by atoms with van der Waals surface area (Å²) >= 11 is 0. The Labute approximate surface area is 97.6 Å². The molecular formula is C12H12FN3O. The fraction of sp³-hybridized carbons (Fsp3) is 0.250. The lowest BCUT2D eigenvalue weighted by molar-refractivity contribution is 0.304. The van der Waals surface area contributed by atoms with E-state index in [4.69, 9.17) is 10.5 Å². The molecular weight excluding hydrogens is 221 g/mol. The highest BCUT2D eigenvalue weighted by atomic mass is 19.1. The number of hydrogen-bond donors (Lipinski definition) is 2. The Morgan fingerprint density at radius 1 is 1.35 bits per heavy atom. The Bertz CT molecular complexity index is 548. The first-order valence-corrected chi connectivity index (χ1v) is 5.50. The zero-order valence-corrected chi connectivity index (χ0v) is 9.11. The number of rotatable bonds is 3. The van der Waals surface area contributed by atoms with Crippen molar-refractivity contribution >= 4 is 5.82 Å². The van der Waals surface area contributed by atoms with Crippen LogP contribution in [0.15, 0.2) is 24.3 Å². The predicted octanol–water partition coefficient (Wildman–Crippen LogP) is 2.34. The zero-order valence-electron chi connectivity index (χ0n) is 9.11. The Morgan fingerprint density at radius 3 is 2.82 bits per heavy atom. The average molecular weight is 233 g/mol. The lowest BCUT2D eigenvalue weighted by Gasteiger charge is -2.09. The van der Waals surface area contributed by atoms with Crippen molar-refractivity contribution in [1.82, 2.24) is 10.2 Å². The van der Waals surface area contributed by atoms with Gasteiger partial charge in [-0.2, -0.15) is 5.10 Å². The molecule has 0 amide bonds. The quantitative estimate of drug-likeness (QED) is 0.855. The van der Waals surface area contributed by atoms with Gasteiger partial charge in [0.2, 0.25) is 0 Å². The largest absolute Gasteiger partial charge is 0.490 e. The number of aromatic nitrogens is 2. The fourth-order valence-electron chi connectivity index (χ4n) is 1.66. The topological polar surface area (TPSA) is 63.9 Å². The standard InChI is InChI=1S/C12H12FN3O/c13-7-1-4-11(17-8-2-3-8)9(5-7)10-6-12(14)16-15-10/h1,4-6,8H,2-3H2,(H3,14,15,16). The number of hydrogen-bond acceptors (Lipinski definition) is 3. The second-order valence-corrected chi connectivity index (χ2v) is 4.16. The predicted molar refractivity (Wildman–Crippen MR) is 62.0 cm³/mol. The Kier molecular flexibility index (Phi) is 2.24. The Hall–Kier alpha value is -2.04. The lowest BCUT2D eigenvalue weighted by Crippen LogP contribution is -1.98. The van der Waals surface area contributed by atoms with E-state index in [-0.39, 0.29) is 11.9 Å². The van der Waals surface area contributed by atoms with Crippen LogP contribution in [0.3, 0.4) is 0 Å². The van der Waals surface area contributed by atoms with Gasteiger partial charge in [0.15, 0.2) is 0 Å². The van der Waals surface area contributed by atoms with Crippen LogP contribution in [0.4, 0.5) is 10.2 Å². The van der Waals surface area contributed by atoms with Gasteiger partial charge in [0.1, 0.15) is 17.4 Å². The molecule has 1 aromatic heterocycles. The summed E-state index contributed by atoms with van der Waals surface area (Å²) < 4.78 is 19.0. The number of H-pyrrole nitrogens is 1. The minimum atomic E-state index is -0.309. The summed E-state index contributed by atoms with van der Waals surface area (Å²) in [6, 6.07) is 6.11. The van der Waals surface area contributed by atoms with Crippen LogP contribution in [-0.4, -0.2) is 16.3 Å². The molecule has 3 rings (SSSR count). The number of nitrogen functional groups attached to an aromatic ring is 1. The van der Waals surface area contributed by atoms with Crippen LogP contribution in [0.25, 0.3) is 11.3 Å². The number of ether oxygens (including phenoxy) is 1. The van der Waals surface area contributed by atoms with Gasteiger partial charge in [-0.05, 0) is 31.0 Å². The molecule has 0 bridgehead atoms. The van der Waals surface area contributed by atoms with Crippen molar-refractivity contribution in [2.45, 2.75) is 18.9 Å². The van der Waals surface area contributed by atoms with Crippen molar-refractivity contribution in [2.24, 2.45) is 0 Å². The monoisotopic (exact) mass is 233 g/mol. The number of anilines is 1. The summed E-state index contributed by atoms with van der Waals surface area (Å²) in [5, 5.41) is 6.59. The van der Waals surface area contributed by atoms with Crippen molar-refractivity contribution < 1.29 is 9.13 Å². The van der Waals surface area contributed by atoms with Gasteiger partial charge in [-0.15, -0.1) is 0 Å². The summed E-state index contributed by atoms with van der Waals surface area (Å²) in [5.74, 6) is 0.732. The minimum Gasteiger partial charge on any atom is -0.490 e. The molecule has 1 heterocycles. The van der Waals surface area contributed by atoms with E-state index >= 15 is 0 Å². The second-order valence-electron chi connectivity index (χ2n) is 4.16. The molecule has 1 saturated carbocycles. The van der Waals surface area contributed by atoms with Crippen molar-refractivity contribution in [3.63, 3.8) is 0 Å². The van der Waals surface area contributed by atoms with Crippen LogP contribution < -0.4 is 10.5 Å². The normalized spacial score (nSPS) is 14.9. The molecule has 0 unspecified atom stereocenters. The molecule has 0 spiro atoms. The maximum absolute atomic E-state index is 13.3. The fourth-order valence-corrected chi connectivity index (χ4v) is 1.66. The summed E-state index contributed by atoms with van der Waals surface area (Å²) in [5.41, 5.74) is 6.86. The van der Waals surface area contributed by atoms with Gasteiger partial charge >= 0.3 is 0 Å². The van der Waals surface area contributed by atoms with E-state index in [2.05, 4.69) is 10.2 Å². The molecule has 0 radical (unpaired) electrons. The Balaban J connectivity index is 2.02. The first kappa shape index (κ1) is 10.1. The zero-order chi connectivity index (χ0) is 11.8. The van der Waals surface area contributed by atoms with E-state index in [0.29, 0.717) is 22.8 Å². The molecule has 0 atom stereocenters. The van der Waals surface area contributed by atoms with Crippen LogP contribution >= 0.6 is 0 Å². The number of halogens is 1. The molecule has 3 N–H and O–H groups in total. The first-order chi connectivity index (χ1) is 8.22. The molecule has 1 aromatic carbocycles. The van der Waals surface area contributed by atoms with E-state index < -0.39 is 0 Å². The van der Waals surface area contributed by atoms with Gasteiger partial charge in [-0.3, -0.25) is 5.10 Å². The molecule has 0 aliphatic heterocycles. The third-order valence-corrected chi connectivity index (χ3v) is 2.65. The number of nitrogens with two attached hydrogens (primary N) is 1. The van der Waals surface area contributed by atoms with Crippen molar-refractivity contribution in [2.75, 3.05) is 5.73 Å². The molecule has 1 aliphatic rings. The van der Waals surface area contributed by atoms with Gasteiger partial charge in [0.25, 0.3) is 0 Å². The molecule has 2 aromatic rings. The van der Waals surface area contributed by atoms with Crippen molar-refractivity contribution in [1.29, 1.82) is 0 Å². The SMILES string of the molecule is Nc1cc(-c2cc(F)ccc2OC2CC2)[nH]n1. The maximum Gasteiger partial charge on any atom is 0.145 e. The van der Waals surface area contributed by atoms with Gasteiger partial charge in [-0.1, -0.05) is 0 Å². The van der Waals surface area contributed by atoms with Gasteiger partial charge in [0.05, 0.1) is 11.8 Å². The number of aromatic amines is 1. The van der Waals surface area contributed by atoms with Gasteiger partial charge in [0, 0.05) is 11.6 Å².